The van der Waals surface area contributed by atoms with Gasteiger partial charge in [0.15, 0.2) is 5.78 Å². The van der Waals surface area contributed by atoms with Crippen molar-refractivity contribution in [2.45, 2.75) is 32.0 Å². The van der Waals surface area contributed by atoms with Gasteiger partial charge in [-0.1, -0.05) is 23.7 Å². The van der Waals surface area contributed by atoms with Gasteiger partial charge in [0, 0.05) is 16.1 Å². The predicted molar refractivity (Wildman–Crippen MR) is 67.0 cm³/mol. The monoisotopic (exact) mass is 253 g/mol. The number of rotatable bonds is 2. The second-order valence-electron chi connectivity index (χ2n) is 5.05. The molecule has 1 atom stereocenters. The Bertz CT molecular complexity index is 458. The Balaban J connectivity index is 2.47. The number of ether oxygens (including phenoxy) is 1. The van der Waals surface area contributed by atoms with E-state index < -0.39 is 5.72 Å². The lowest BCUT2D eigenvalue weighted by Gasteiger charge is -2.28. The molecule has 1 heterocycles. The zero-order valence-corrected chi connectivity index (χ0v) is 11.0. The maximum Gasteiger partial charge on any atom is 0.205 e. The Morgan fingerprint density at radius 3 is 2.65 bits per heavy atom. The summed E-state index contributed by atoms with van der Waals surface area (Å²) in [7, 11) is 0. The van der Waals surface area contributed by atoms with Crippen LogP contribution in [-0.2, 0) is 15.3 Å². The van der Waals surface area contributed by atoms with Crippen molar-refractivity contribution in [3.8, 4) is 0 Å². The Labute approximate surface area is 106 Å². The van der Waals surface area contributed by atoms with Crippen molar-refractivity contribution in [3.63, 3.8) is 0 Å². The molecule has 3 nitrogen and oxygen atoms in total. The summed E-state index contributed by atoms with van der Waals surface area (Å²) < 4.78 is 5.74. The topological polar surface area (TPSA) is 38.3 Å². The fourth-order valence-electron chi connectivity index (χ4n) is 2.09. The van der Waals surface area contributed by atoms with E-state index in [9.17, 15) is 4.79 Å². The van der Waals surface area contributed by atoms with Gasteiger partial charge in [0.25, 0.3) is 0 Å². The number of benzene rings is 1. The highest BCUT2D eigenvalue weighted by molar-refractivity contribution is 6.30. The summed E-state index contributed by atoms with van der Waals surface area (Å²) in [5.74, 6) is -0.0645. The van der Waals surface area contributed by atoms with Crippen molar-refractivity contribution in [3.05, 3.63) is 34.9 Å². The highest BCUT2D eigenvalue weighted by Crippen LogP contribution is 2.34. The number of carbonyl (C=O) groups is 1. The fraction of sp³-hybridized carbons (Fsp3) is 0.462. The predicted octanol–water partition coefficient (Wildman–Crippen LogP) is 2.48. The molecule has 92 valence electrons. The molecule has 1 aromatic carbocycles. The molecule has 17 heavy (non-hydrogen) atoms. The van der Waals surface area contributed by atoms with Gasteiger partial charge in [0.1, 0.15) is 0 Å². The summed E-state index contributed by atoms with van der Waals surface area (Å²) in [5, 5.41) is 3.85. The molecule has 4 heteroatoms. The number of ketones is 1. The minimum Gasteiger partial charge on any atom is -0.347 e. The molecule has 1 N–H and O–H groups in total. The van der Waals surface area contributed by atoms with E-state index in [1.54, 1.807) is 12.1 Å². The lowest BCUT2D eigenvalue weighted by molar-refractivity contribution is -0.140. The molecule has 0 bridgehead atoms. The van der Waals surface area contributed by atoms with Crippen molar-refractivity contribution in [1.82, 2.24) is 5.32 Å². The standard InChI is InChI=1S/C13H16ClNO2/c1-9(16)13(15-12(2,3)8-17-13)10-5-4-6-11(14)7-10/h4-7,15H,8H2,1-3H3. The number of hydrogen-bond acceptors (Lipinski definition) is 3. The van der Waals surface area contributed by atoms with Gasteiger partial charge in [-0.05, 0) is 32.9 Å². The van der Waals surface area contributed by atoms with Crippen LogP contribution in [0.2, 0.25) is 5.02 Å². The largest absolute Gasteiger partial charge is 0.347 e. The first-order valence-corrected chi connectivity index (χ1v) is 5.94. The van der Waals surface area contributed by atoms with E-state index in [0.29, 0.717) is 11.6 Å². The first kappa shape index (κ1) is 12.6. The molecule has 1 unspecified atom stereocenters. The van der Waals surface area contributed by atoms with Crippen molar-refractivity contribution in [2.75, 3.05) is 6.61 Å². The minimum absolute atomic E-state index is 0.0645. The second-order valence-corrected chi connectivity index (χ2v) is 5.48. The third-order valence-electron chi connectivity index (χ3n) is 2.89. The Kier molecular flexibility index (Phi) is 3.02. The molecule has 0 spiro atoms. The van der Waals surface area contributed by atoms with Crippen LogP contribution in [0.5, 0.6) is 0 Å². The van der Waals surface area contributed by atoms with Gasteiger partial charge >= 0.3 is 0 Å². The highest BCUT2D eigenvalue weighted by atomic mass is 35.5. The molecule has 1 aliphatic heterocycles. The van der Waals surface area contributed by atoms with E-state index in [1.165, 1.54) is 6.92 Å². The smallest absolute Gasteiger partial charge is 0.205 e. The molecule has 0 aromatic heterocycles. The molecular formula is C13H16ClNO2. The van der Waals surface area contributed by atoms with Gasteiger partial charge in [0.05, 0.1) is 6.61 Å². The van der Waals surface area contributed by atoms with Crippen LogP contribution in [-0.4, -0.2) is 17.9 Å². The van der Waals surface area contributed by atoms with E-state index in [4.69, 9.17) is 16.3 Å². The molecular weight excluding hydrogens is 238 g/mol. The Morgan fingerprint density at radius 1 is 1.47 bits per heavy atom. The maximum atomic E-state index is 11.9. The van der Waals surface area contributed by atoms with E-state index >= 15 is 0 Å². The zero-order valence-electron chi connectivity index (χ0n) is 10.2. The number of carbonyl (C=O) groups excluding carboxylic acids is 1. The highest BCUT2D eigenvalue weighted by Gasteiger charge is 2.48. The van der Waals surface area contributed by atoms with Gasteiger partial charge in [-0.15, -0.1) is 0 Å². The third kappa shape index (κ3) is 2.23. The molecule has 0 saturated carbocycles. The summed E-state index contributed by atoms with van der Waals surface area (Å²) in [5.41, 5.74) is -0.536. The van der Waals surface area contributed by atoms with Crippen LogP contribution in [0.3, 0.4) is 0 Å². The average Bonchev–Trinajstić information content (AvgIpc) is 2.56. The van der Waals surface area contributed by atoms with Crippen LogP contribution in [0, 0.1) is 0 Å². The van der Waals surface area contributed by atoms with Crippen molar-refractivity contribution < 1.29 is 9.53 Å². The second kappa shape index (κ2) is 4.09. The molecule has 1 fully saturated rings. The number of nitrogens with one attached hydrogen (secondary N) is 1. The quantitative estimate of drug-likeness (QED) is 0.880. The minimum atomic E-state index is -1.06. The third-order valence-corrected chi connectivity index (χ3v) is 3.13. The number of hydrogen-bond donors (Lipinski definition) is 1. The van der Waals surface area contributed by atoms with Crippen molar-refractivity contribution in [1.29, 1.82) is 0 Å². The van der Waals surface area contributed by atoms with E-state index in [2.05, 4.69) is 5.32 Å². The molecule has 1 aliphatic rings. The lowest BCUT2D eigenvalue weighted by Crippen LogP contribution is -2.50. The first-order valence-electron chi connectivity index (χ1n) is 5.56. The van der Waals surface area contributed by atoms with Crippen LogP contribution >= 0.6 is 11.6 Å². The number of halogens is 1. The van der Waals surface area contributed by atoms with Crippen LogP contribution in [0.25, 0.3) is 0 Å². The molecule has 2 rings (SSSR count). The van der Waals surface area contributed by atoms with Crippen molar-refractivity contribution in [2.24, 2.45) is 0 Å². The van der Waals surface area contributed by atoms with E-state index in [1.807, 2.05) is 26.0 Å². The van der Waals surface area contributed by atoms with E-state index in [0.717, 1.165) is 5.56 Å². The molecule has 1 aromatic rings. The fourth-order valence-corrected chi connectivity index (χ4v) is 2.28. The molecule has 0 radical (unpaired) electrons. The van der Waals surface area contributed by atoms with Gasteiger partial charge in [-0.25, -0.2) is 0 Å². The summed E-state index contributed by atoms with van der Waals surface area (Å²) in [6, 6.07) is 7.21. The van der Waals surface area contributed by atoms with Gasteiger partial charge in [-0.3, -0.25) is 10.1 Å². The molecule has 1 saturated heterocycles. The van der Waals surface area contributed by atoms with E-state index in [-0.39, 0.29) is 11.3 Å². The summed E-state index contributed by atoms with van der Waals surface area (Å²) >= 11 is 5.97. The van der Waals surface area contributed by atoms with Crippen molar-refractivity contribution >= 4 is 17.4 Å². The van der Waals surface area contributed by atoms with Gasteiger partial charge < -0.3 is 4.74 Å². The summed E-state index contributed by atoms with van der Waals surface area (Å²) in [6.07, 6.45) is 0. The molecule has 0 amide bonds. The van der Waals surface area contributed by atoms with Gasteiger partial charge in [-0.2, -0.15) is 0 Å². The average molecular weight is 254 g/mol. The number of Topliss-reactive ketones (excluding diaryl/α,β-unsaturated/α-hetero) is 1. The van der Waals surface area contributed by atoms with Crippen LogP contribution < -0.4 is 5.32 Å². The normalized spacial score (nSPS) is 27.1. The maximum absolute atomic E-state index is 11.9. The van der Waals surface area contributed by atoms with Crippen LogP contribution in [0.15, 0.2) is 24.3 Å². The summed E-state index contributed by atoms with van der Waals surface area (Å²) in [4.78, 5) is 11.9. The zero-order chi connectivity index (χ0) is 12.7. The SMILES string of the molecule is CC(=O)C1(c2cccc(Cl)c2)NC(C)(C)CO1. The van der Waals surface area contributed by atoms with Crippen LogP contribution in [0.4, 0.5) is 0 Å². The first-order chi connectivity index (χ1) is 7.86. The lowest BCUT2D eigenvalue weighted by atomic mass is 9.97. The van der Waals surface area contributed by atoms with Crippen LogP contribution in [0.1, 0.15) is 26.3 Å². The summed E-state index contributed by atoms with van der Waals surface area (Å²) in [6.45, 7) is 6.01. The van der Waals surface area contributed by atoms with Gasteiger partial charge in [0.2, 0.25) is 5.72 Å². The Morgan fingerprint density at radius 2 is 2.18 bits per heavy atom. The molecule has 0 aliphatic carbocycles. The Hall–Kier alpha value is -0.900.